The van der Waals surface area contributed by atoms with E-state index in [0.717, 1.165) is 17.7 Å². The van der Waals surface area contributed by atoms with Crippen molar-refractivity contribution in [3.63, 3.8) is 0 Å². The molecule has 0 unspecified atom stereocenters. The van der Waals surface area contributed by atoms with Crippen LogP contribution >= 0.6 is 11.6 Å². The van der Waals surface area contributed by atoms with E-state index in [4.69, 9.17) is 16.0 Å². The van der Waals surface area contributed by atoms with Crippen LogP contribution in [0, 0.1) is 11.6 Å². The predicted octanol–water partition coefficient (Wildman–Crippen LogP) is 3.98. The summed E-state index contributed by atoms with van der Waals surface area (Å²) in [7, 11) is 0. The summed E-state index contributed by atoms with van der Waals surface area (Å²) in [5.74, 6) is -2.64. The second-order valence-electron chi connectivity index (χ2n) is 6.92. The van der Waals surface area contributed by atoms with Crippen molar-refractivity contribution in [3.8, 4) is 0 Å². The van der Waals surface area contributed by atoms with Crippen molar-refractivity contribution in [2.75, 3.05) is 18.0 Å². The lowest BCUT2D eigenvalue weighted by molar-refractivity contribution is 0.0923. The van der Waals surface area contributed by atoms with E-state index >= 15 is 0 Å². The molecule has 1 aliphatic heterocycles. The van der Waals surface area contributed by atoms with E-state index in [9.17, 15) is 18.4 Å². The number of nitrogens with one attached hydrogen (secondary N) is 1. The molecule has 3 aromatic rings. The van der Waals surface area contributed by atoms with Crippen LogP contribution in [0.1, 0.15) is 21.7 Å². The van der Waals surface area contributed by atoms with E-state index < -0.39 is 17.5 Å². The summed E-state index contributed by atoms with van der Waals surface area (Å²) in [4.78, 5) is 32.0. The van der Waals surface area contributed by atoms with Gasteiger partial charge in [0.05, 0.1) is 6.20 Å². The second-order valence-corrected chi connectivity index (χ2v) is 7.36. The number of amides is 3. The third kappa shape index (κ3) is 4.66. The minimum absolute atomic E-state index is 0.0154. The normalized spacial score (nSPS) is 13.7. The van der Waals surface area contributed by atoms with Crippen LogP contribution < -0.4 is 10.2 Å². The van der Waals surface area contributed by atoms with Crippen molar-refractivity contribution in [2.45, 2.75) is 13.1 Å². The van der Waals surface area contributed by atoms with Crippen LogP contribution in [-0.2, 0) is 13.1 Å². The average Bonchev–Trinajstić information content (AvgIpc) is 3.38. The minimum Gasteiger partial charge on any atom is -0.418 e. The number of hydrogen-bond acceptors (Lipinski definition) is 4. The van der Waals surface area contributed by atoms with Gasteiger partial charge in [-0.15, -0.1) is 0 Å². The molecule has 4 rings (SSSR count). The number of carbonyl (C=O) groups excluding carboxylic acids is 2. The summed E-state index contributed by atoms with van der Waals surface area (Å²) < 4.78 is 31.7. The molecule has 10 heteroatoms. The summed E-state index contributed by atoms with van der Waals surface area (Å²) in [5.41, 5.74) is 1.32. The van der Waals surface area contributed by atoms with Gasteiger partial charge in [-0.3, -0.25) is 4.79 Å². The Morgan fingerprint density at radius 2 is 1.84 bits per heavy atom. The quantitative estimate of drug-likeness (QED) is 0.621. The van der Waals surface area contributed by atoms with Crippen LogP contribution in [0.25, 0.3) is 0 Å². The van der Waals surface area contributed by atoms with E-state index in [0.29, 0.717) is 30.2 Å². The highest BCUT2D eigenvalue weighted by molar-refractivity contribution is 6.30. The number of benzene rings is 2. The van der Waals surface area contributed by atoms with Crippen LogP contribution in [0.3, 0.4) is 0 Å². The number of anilines is 1. The first-order valence-corrected chi connectivity index (χ1v) is 9.77. The molecule has 0 spiro atoms. The molecule has 0 atom stereocenters. The van der Waals surface area contributed by atoms with Gasteiger partial charge in [0.15, 0.2) is 11.6 Å². The van der Waals surface area contributed by atoms with Gasteiger partial charge in [-0.2, -0.15) is 0 Å². The molecule has 160 valence electrons. The second kappa shape index (κ2) is 8.73. The van der Waals surface area contributed by atoms with Crippen molar-refractivity contribution in [1.29, 1.82) is 0 Å². The fourth-order valence-electron chi connectivity index (χ4n) is 3.13. The first kappa shape index (κ1) is 20.8. The summed E-state index contributed by atoms with van der Waals surface area (Å²) in [6, 6.07) is 10.3. The summed E-state index contributed by atoms with van der Waals surface area (Å²) in [5, 5.41) is 3.16. The van der Waals surface area contributed by atoms with Crippen molar-refractivity contribution < 1.29 is 22.8 Å². The van der Waals surface area contributed by atoms with Crippen LogP contribution in [-0.4, -0.2) is 34.9 Å². The maximum atomic E-state index is 13.3. The van der Waals surface area contributed by atoms with Crippen LogP contribution in [0.5, 0.6) is 0 Å². The van der Waals surface area contributed by atoms with Crippen molar-refractivity contribution >= 4 is 29.6 Å². The van der Waals surface area contributed by atoms with Gasteiger partial charge in [0, 0.05) is 31.2 Å². The van der Waals surface area contributed by atoms with Gasteiger partial charge in [-0.1, -0.05) is 29.8 Å². The Labute approximate surface area is 181 Å². The predicted molar refractivity (Wildman–Crippen MR) is 109 cm³/mol. The molecule has 0 saturated carbocycles. The Morgan fingerprint density at radius 1 is 1.10 bits per heavy atom. The number of nitrogens with zero attached hydrogens (tertiary/aromatic N) is 3. The zero-order valence-corrected chi connectivity index (χ0v) is 16.9. The Bertz CT molecular complexity index is 1120. The molecule has 7 nitrogen and oxygen atoms in total. The molecule has 0 aliphatic carbocycles. The van der Waals surface area contributed by atoms with E-state index in [1.165, 1.54) is 17.2 Å². The largest absolute Gasteiger partial charge is 0.418 e. The SMILES string of the molecule is O=C(NCc1ccc(F)c(F)c1)c1cnc(N2CCN(Cc3ccc(Cl)cc3)C2=O)o1. The number of urea groups is 1. The lowest BCUT2D eigenvalue weighted by atomic mass is 10.2. The fourth-order valence-corrected chi connectivity index (χ4v) is 3.26. The van der Waals surface area contributed by atoms with Crippen LogP contribution in [0.15, 0.2) is 53.1 Å². The molecule has 31 heavy (non-hydrogen) atoms. The molecule has 2 aromatic carbocycles. The molecule has 0 bridgehead atoms. The smallest absolute Gasteiger partial charge is 0.328 e. The van der Waals surface area contributed by atoms with Gasteiger partial charge in [-0.25, -0.2) is 23.5 Å². The standard InChI is InChI=1S/C21H17ClF2N4O3/c22-15-4-1-13(2-5-15)12-27-7-8-28(21(27)30)20-26-11-18(31-20)19(29)25-10-14-3-6-16(23)17(24)9-14/h1-6,9,11H,7-8,10,12H2,(H,25,29). The van der Waals surface area contributed by atoms with Crippen molar-refractivity contribution in [3.05, 3.63) is 82.2 Å². The number of aromatic nitrogens is 1. The first-order chi connectivity index (χ1) is 14.9. The minimum atomic E-state index is -0.996. The van der Waals surface area contributed by atoms with Gasteiger partial charge < -0.3 is 14.6 Å². The van der Waals surface area contributed by atoms with Crippen molar-refractivity contribution in [1.82, 2.24) is 15.2 Å². The number of rotatable bonds is 6. The van der Waals surface area contributed by atoms with Gasteiger partial charge in [0.25, 0.3) is 5.91 Å². The van der Waals surface area contributed by atoms with E-state index in [1.807, 2.05) is 12.1 Å². The first-order valence-electron chi connectivity index (χ1n) is 9.39. The number of oxazole rings is 1. The third-order valence-corrected chi connectivity index (χ3v) is 5.02. The van der Waals surface area contributed by atoms with Gasteiger partial charge >= 0.3 is 12.0 Å². The number of halogens is 3. The van der Waals surface area contributed by atoms with E-state index in [-0.39, 0.29) is 24.4 Å². The van der Waals surface area contributed by atoms with Crippen LogP contribution in [0.4, 0.5) is 19.6 Å². The zero-order valence-electron chi connectivity index (χ0n) is 16.1. The lowest BCUT2D eigenvalue weighted by Gasteiger charge is -2.16. The Morgan fingerprint density at radius 3 is 2.58 bits per heavy atom. The van der Waals surface area contributed by atoms with Crippen molar-refractivity contribution in [2.24, 2.45) is 0 Å². The lowest BCUT2D eigenvalue weighted by Crippen LogP contribution is -2.31. The maximum absolute atomic E-state index is 13.3. The fraction of sp³-hybridized carbons (Fsp3) is 0.190. The Kier molecular flexibility index (Phi) is 5.85. The molecule has 2 heterocycles. The molecule has 1 saturated heterocycles. The molecule has 3 amide bonds. The third-order valence-electron chi connectivity index (χ3n) is 4.77. The molecule has 1 aliphatic rings. The summed E-state index contributed by atoms with van der Waals surface area (Å²) in [6.45, 7) is 1.22. The highest BCUT2D eigenvalue weighted by Crippen LogP contribution is 2.22. The van der Waals surface area contributed by atoms with Gasteiger partial charge in [0.2, 0.25) is 5.76 Å². The topological polar surface area (TPSA) is 78.7 Å². The van der Waals surface area contributed by atoms with Gasteiger partial charge in [0.1, 0.15) is 0 Å². The Hall–Kier alpha value is -3.46. The van der Waals surface area contributed by atoms with E-state index in [1.54, 1.807) is 17.0 Å². The highest BCUT2D eigenvalue weighted by Gasteiger charge is 2.33. The molecule has 1 aromatic heterocycles. The van der Waals surface area contributed by atoms with Gasteiger partial charge in [-0.05, 0) is 35.4 Å². The number of hydrogen-bond donors (Lipinski definition) is 1. The van der Waals surface area contributed by atoms with E-state index in [2.05, 4.69) is 10.3 Å². The molecule has 1 N–H and O–H groups in total. The zero-order chi connectivity index (χ0) is 22.0. The molecule has 0 radical (unpaired) electrons. The Balaban J connectivity index is 1.36. The summed E-state index contributed by atoms with van der Waals surface area (Å²) in [6.07, 6.45) is 1.21. The molecular formula is C21H17ClF2N4O3. The number of carbonyl (C=O) groups is 2. The monoisotopic (exact) mass is 446 g/mol. The van der Waals surface area contributed by atoms with Crippen LogP contribution in [0.2, 0.25) is 5.02 Å². The average molecular weight is 447 g/mol. The highest BCUT2D eigenvalue weighted by atomic mass is 35.5. The molecule has 1 fully saturated rings. The summed E-state index contributed by atoms with van der Waals surface area (Å²) >= 11 is 5.88. The molecular weight excluding hydrogens is 430 g/mol. The maximum Gasteiger partial charge on any atom is 0.328 e.